The molecule has 0 aliphatic rings. The van der Waals surface area contributed by atoms with E-state index in [0.717, 1.165) is 5.56 Å². The van der Waals surface area contributed by atoms with Crippen molar-refractivity contribution in [3.63, 3.8) is 0 Å². The Kier molecular flexibility index (Phi) is 4.23. The van der Waals surface area contributed by atoms with Crippen LogP contribution in [0.1, 0.15) is 15.9 Å². The normalized spacial score (nSPS) is 11.1. The van der Waals surface area contributed by atoms with E-state index in [0.29, 0.717) is 12.1 Å². The summed E-state index contributed by atoms with van der Waals surface area (Å²) in [4.78, 5) is 18.7. The lowest BCUT2D eigenvalue weighted by atomic mass is 10.2. The summed E-state index contributed by atoms with van der Waals surface area (Å²) in [5, 5.41) is 2.59. The highest BCUT2D eigenvalue weighted by Gasteiger charge is 2.10. The number of hydrogen-bond acceptors (Lipinski definition) is 2. The van der Waals surface area contributed by atoms with Gasteiger partial charge in [0, 0.05) is 18.0 Å². The van der Waals surface area contributed by atoms with E-state index in [2.05, 4.69) is 15.3 Å². The molecule has 0 saturated heterocycles. The molecule has 0 unspecified atom stereocenters. The number of guanidine groups is 1. The van der Waals surface area contributed by atoms with Crippen LogP contribution in [0.25, 0.3) is 0 Å². The van der Waals surface area contributed by atoms with Crippen molar-refractivity contribution in [2.24, 2.45) is 5.73 Å². The van der Waals surface area contributed by atoms with E-state index in [1.54, 1.807) is 36.7 Å². The Morgan fingerprint density at radius 1 is 1.21 bits per heavy atom. The molecule has 1 aromatic heterocycles. The second kappa shape index (κ2) is 6.30. The average Bonchev–Trinajstić information content (AvgIpc) is 2.47. The van der Waals surface area contributed by atoms with E-state index in [-0.39, 0.29) is 11.9 Å². The molecule has 1 amide bonds. The smallest absolute Gasteiger partial charge is 0.290 e. The van der Waals surface area contributed by atoms with Gasteiger partial charge in [0.15, 0.2) is 0 Å². The Balaban J connectivity index is 1.94. The number of amides is 1. The number of benzene rings is 1. The maximum absolute atomic E-state index is 11.8. The number of nitrogens with one attached hydrogen (secondary N) is 2. The molecule has 5 nitrogen and oxygen atoms in total. The van der Waals surface area contributed by atoms with Crippen LogP contribution < -0.4 is 16.0 Å². The fourth-order valence-corrected chi connectivity index (χ4v) is 1.53. The molecular weight excluding hydrogens is 240 g/mol. The van der Waals surface area contributed by atoms with E-state index in [1.807, 2.05) is 18.2 Å². The summed E-state index contributed by atoms with van der Waals surface area (Å²) in [6.45, 7) is 0.509. The lowest BCUT2D eigenvalue weighted by Crippen LogP contribution is -2.77. The van der Waals surface area contributed by atoms with Gasteiger partial charge in [-0.3, -0.25) is 20.5 Å². The molecule has 96 valence electrons. The van der Waals surface area contributed by atoms with E-state index >= 15 is 0 Å². The first kappa shape index (κ1) is 12.8. The number of carbonyl (C=O) groups is 1. The van der Waals surface area contributed by atoms with Crippen LogP contribution in [-0.4, -0.2) is 16.9 Å². The van der Waals surface area contributed by atoms with Crippen LogP contribution in [0.2, 0.25) is 0 Å². The molecule has 0 radical (unpaired) electrons. The quantitative estimate of drug-likeness (QED) is 0.506. The van der Waals surface area contributed by atoms with Gasteiger partial charge in [-0.05, 0) is 18.2 Å². The Labute approximate surface area is 111 Å². The van der Waals surface area contributed by atoms with Gasteiger partial charge in [0.1, 0.15) is 0 Å². The van der Waals surface area contributed by atoms with Crippen LogP contribution in [0.15, 0.2) is 54.9 Å². The fraction of sp³-hybridized carbons (Fsp3) is 0.0714. The van der Waals surface area contributed by atoms with Gasteiger partial charge in [0.25, 0.3) is 0 Å². The zero-order valence-electron chi connectivity index (χ0n) is 10.3. The highest BCUT2D eigenvalue weighted by Crippen LogP contribution is 1.96. The molecule has 2 rings (SSSR count). The minimum Gasteiger partial charge on any atom is -0.290 e. The highest BCUT2D eigenvalue weighted by molar-refractivity contribution is 6.03. The molecule has 1 heterocycles. The molecular formula is C14H15N4O+. The van der Waals surface area contributed by atoms with Crippen molar-refractivity contribution in [2.75, 3.05) is 0 Å². The van der Waals surface area contributed by atoms with E-state index in [9.17, 15) is 4.79 Å². The van der Waals surface area contributed by atoms with Crippen LogP contribution >= 0.6 is 0 Å². The second-order valence-corrected chi connectivity index (χ2v) is 3.95. The molecule has 0 atom stereocenters. The minimum atomic E-state index is -0.239. The van der Waals surface area contributed by atoms with Gasteiger partial charge in [0.2, 0.25) is 0 Å². The summed E-state index contributed by atoms with van der Waals surface area (Å²) >= 11 is 0. The molecule has 1 aromatic carbocycles. The van der Waals surface area contributed by atoms with Gasteiger partial charge in [-0.2, -0.15) is 0 Å². The predicted octanol–water partition coefficient (Wildman–Crippen LogP) is -0.593. The minimum absolute atomic E-state index is 0.220. The Bertz CT molecular complexity index is 567. The summed E-state index contributed by atoms with van der Waals surface area (Å²) < 4.78 is 0. The number of nitrogens with two attached hydrogens (primary N) is 1. The number of pyridine rings is 1. The first-order valence-corrected chi connectivity index (χ1v) is 5.87. The molecule has 4 N–H and O–H groups in total. The lowest BCUT2D eigenvalue weighted by Gasteiger charge is -1.99. The monoisotopic (exact) mass is 255 g/mol. The first-order chi connectivity index (χ1) is 9.25. The van der Waals surface area contributed by atoms with E-state index in [1.165, 1.54) is 0 Å². The van der Waals surface area contributed by atoms with Crippen molar-refractivity contribution in [3.05, 3.63) is 66.0 Å². The largest absolute Gasteiger partial charge is 0.348 e. The molecule has 0 fully saturated rings. The van der Waals surface area contributed by atoms with Crippen molar-refractivity contribution >= 4 is 11.9 Å². The van der Waals surface area contributed by atoms with Gasteiger partial charge >= 0.3 is 11.9 Å². The molecule has 0 aliphatic carbocycles. The number of rotatable bonds is 3. The molecule has 19 heavy (non-hydrogen) atoms. The number of nitrogens with zero attached hydrogens (tertiary/aromatic N) is 1. The third-order valence-electron chi connectivity index (χ3n) is 2.49. The number of carbonyl (C=O) groups excluding carboxylic acids is 1. The van der Waals surface area contributed by atoms with Gasteiger partial charge in [0.05, 0.1) is 12.1 Å². The van der Waals surface area contributed by atoms with Gasteiger partial charge in [-0.1, -0.05) is 24.3 Å². The van der Waals surface area contributed by atoms with Crippen LogP contribution in [0.3, 0.4) is 0 Å². The zero-order valence-corrected chi connectivity index (χ0v) is 10.3. The standard InChI is InChI=1S/C14H14N4O/c15-14(17-10-11-5-4-8-16-9-11)18-13(19)12-6-2-1-3-7-12/h1-9H,10H2,(H3,15,17,18,19)/p+1. The maximum Gasteiger partial charge on any atom is 0.348 e. The third-order valence-corrected chi connectivity index (χ3v) is 2.49. The third kappa shape index (κ3) is 3.92. The van der Waals surface area contributed by atoms with Crippen LogP contribution in [0.4, 0.5) is 0 Å². The van der Waals surface area contributed by atoms with E-state index in [4.69, 9.17) is 5.73 Å². The van der Waals surface area contributed by atoms with Crippen LogP contribution in [0, 0.1) is 0 Å². The topological polar surface area (TPSA) is 82.0 Å². The van der Waals surface area contributed by atoms with Crippen LogP contribution in [-0.2, 0) is 6.54 Å². The first-order valence-electron chi connectivity index (χ1n) is 5.87. The summed E-state index contributed by atoms with van der Waals surface area (Å²) in [5.41, 5.74) is 7.26. The highest BCUT2D eigenvalue weighted by atomic mass is 16.1. The Morgan fingerprint density at radius 2 is 2.00 bits per heavy atom. The maximum atomic E-state index is 11.8. The van der Waals surface area contributed by atoms with Gasteiger partial charge in [-0.15, -0.1) is 0 Å². The van der Waals surface area contributed by atoms with Crippen LogP contribution in [0.5, 0.6) is 0 Å². The molecule has 2 aromatic rings. The summed E-state index contributed by atoms with van der Waals surface area (Å²) in [6.07, 6.45) is 3.44. The van der Waals surface area contributed by atoms with Crippen molar-refractivity contribution < 1.29 is 9.79 Å². The average molecular weight is 255 g/mol. The van der Waals surface area contributed by atoms with Crippen molar-refractivity contribution in [1.29, 1.82) is 0 Å². The molecule has 0 bridgehead atoms. The summed E-state index contributed by atoms with van der Waals surface area (Å²) in [5.74, 6) is -0.0190. The summed E-state index contributed by atoms with van der Waals surface area (Å²) in [7, 11) is 0. The number of hydrogen-bond donors (Lipinski definition) is 3. The lowest BCUT2D eigenvalue weighted by molar-refractivity contribution is -0.478. The predicted molar refractivity (Wildman–Crippen MR) is 72.0 cm³/mol. The van der Waals surface area contributed by atoms with Gasteiger partial charge in [-0.25, -0.2) is 5.32 Å². The van der Waals surface area contributed by atoms with Crippen molar-refractivity contribution in [2.45, 2.75) is 6.54 Å². The molecule has 0 aliphatic heterocycles. The summed E-state index contributed by atoms with van der Waals surface area (Å²) in [6, 6.07) is 12.7. The fourth-order valence-electron chi connectivity index (χ4n) is 1.53. The zero-order chi connectivity index (χ0) is 13.5. The molecule has 0 spiro atoms. The Hall–Kier alpha value is -2.69. The van der Waals surface area contributed by atoms with Gasteiger partial charge < -0.3 is 0 Å². The second-order valence-electron chi connectivity index (χ2n) is 3.95. The van der Waals surface area contributed by atoms with Crippen molar-refractivity contribution in [1.82, 2.24) is 10.3 Å². The molecule has 5 heteroatoms. The Morgan fingerprint density at radius 3 is 2.68 bits per heavy atom. The van der Waals surface area contributed by atoms with Crippen molar-refractivity contribution in [3.8, 4) is 0 Å². The number of aromatic nitrogens is 1. The SMILES string of the molecule is NC(NC(=O)c1ccccc1)=[NH+]Cc1cccnc1. The van der Waals surface area contributed by atoms with E-state index < -0.39 is 0 Å². The molecule has 0 saturated carbocycles.